The lowest BCUT2D eigenvalue weighted by Gasteiger charge is -2.15. The summed E-state index contributed by atoms with van der Waals surface area (Å²) >= 11 is 5.80. The van der Waals surface area contributed by atoms with E-state index in [1.807, 2.05) is 0 Å². The molecule has 2 aliphatic rings. The number of carbonyl (C=O) groups excluding carboxylic acids is 1. The van der Waals surface area contributed by atoms with E-state index in [9.17, 15) is 4.79 Å². The van der Waals surface area contributed by atoms with Crippen LogP contribution >= 0.6 is 11.6 Å². The standard InChI is InChI=1S/C16H21ClN2O2/c17-13-1-5-15(6-2-13)21-11-16(20)18-9-12-7-8-19(10-12)14-3-4-14/h1-2,5-6,12,14H,3-4,7-11H2,(H,18,20)/t12-/m0/s1. The van der Waals surface area contributed by atoms with Crippen LogP contribution in [0.15, 0.2) is 24.3 Å². The summed E-state index contributed by atoms with van der Waals surface area (Å²) < 4.78 is 5.43. The Morgan fingerprint density at radius 2 is 2.05 bits per heavy atom. The molecule has 21 heavy (non-hydrogen) atoms. The molecule has 1 aliphatic heterocycles. The number of rotatable bonds is 6. The lowest BCUT2D eigenvalue weighted by molar-refractivity contribution is -0.123. The van der Waals surface area contributed by atoms with Gasteiger partial charge in [0.15, 0.2) is 6.61 Å². The SMILES string of the molecule is O=C(COc1ccc(Cl)cc1)NC[C@@H]1CCN(C2CC2)C1. The number of hydrogen-bond acceptors (Lipinski definition) is 3. The number of nitrogens with zero attached hydrogens (tertiary/aromatic N) is 1. The Labute approximate surface area is 130 Å². The number of hydrogen-bond donors (Lipinski definition) is 1. The molecule has 0 bridgehead atoms. The van der Waals surface area contributed by atoms with E-state index >= 15 is 0 Å². The largest absolute Gasteiger partial charge is 0.484 e. The Kier molecular flexibility index (Phi) is 4.66. The number of halogens is 1. The number of carbonyl (C=O) groups is 1. The summed E-state index contributed by atoms with van der Waals surface area (Å²) in [7, 11) is 0. The summed E-state index contributed by atoms with van der Waals surface area (Å²) in [6.07, 6.45) is 3.90. The third-order valence-electron chi connectivity index (χ3n) is 4.15. The van der Waals surface area contributed by atoms with Gasteiger partial charge in [0.25, 0.3) is 5.91 Å². The first-order chi connectivity index (χ1) is 10.2. The summed E-state index contributed by atoms with van der Waals surface area (Å²) in [6.45, 7) is 3.13. The number of nitrogens with one attached hydrogen (secondary N) is 1. The van der Waals surface area contributed by atoms with Gasteiger partial charge in [-0.15, -0.1) is 0 Å². The molecule has 4 nitrogen and oxygen atoms in total. The van der Waals surface area contributed by atoms with E-state index < -0.39 is 0 Å². The fourth-order valence-corrected chi connectivity index (χ4v) is 2.92. The average Bonchev–Trinajstić information content (AvgIpc) is 3.23. The van der Waals surface area contributed by atoms with Gasteiger partial charge in [0.1, 0.15) is 5.75 Å². The van der Waals surface area contributed by atoms with E-state index in [0.29, 0.717) is 16.7 Å². The van der Waals surface area contributed by atoms with Gasteiger partial charge in [0, 0.05) is 24.2 Å². The van der Waals surface area contributed by atoms with Gasteiger partial charge < -0.3 is 15.0 Å². The fraction of sp³-hybridized carbons (Fsp3) is 0.562. The highest BCUT2D eigenvalue weighted by molar-refractivity contribution is 6.30. The molecule has 0 spiro atoms. The highest BCUT2D eigenvalue weighted by Gasteiger charge is 2.34. The van der Waals surface area contributed by atoms with Gasteiger partial charge in [-0.1, -0.05) is 11.6 Å². The van der Waals surface area contributed by atoms with Crippen molar-refractivity contribution >= 4 is 17.5 Å². The van der Waals surface area contributed by atoms with Crippen LogP contribution in [0.1, 0.15) is 19.3 Å². The van der Waals surface area contributed by atoms with Crippen molar-refractivity contribution in [3.8, 4) is 5.75 Å². The van der Waals surface area contributed by atoms with Gasteiger partial charge in [-0.2, -0.15) is 0 Å². The summed E-state index contributed by atoms with van der Waals surface area (Å²) in [5.74, 6) is 1.19. The highest BCUT2D eigenvalue weighted by atomic mass is 35.5. The van der Waals surface area contributed by atoms with Crippen LogP contribution in [-0.2, 0) is 4.79 Å². The summed E-state index contributed by atoms with van der Waals surface area (Å²) in [6, 6.07) is 7.86. The van der Waals surface area contributed by atoms with Gasteiger partial charge in [0.05, 0.1) is 0 Å². The summed E-state index contributed by atoms with van der Waals surface area (Å²) in [4.78, 5) is 14.3. The molecule has 1 atom stereocenters. The van der Waals surface area contributed by atoms with Crippen molar-refractivity contribution in [1.82, 2.24) is 10.2 Å². The molecule has 3 rings (SSSR count). The Hall–Kier alpha value is -1.26. The molecule has 114 valence electrons. The van der Waals surface area contributed by atoms with Crippen LogP contribution in [0.3, 0.4) is 0 Å². The van der Waals surface area contributed by atoms with Crippen LogP contribution < -0.4 is 10.1 Å². The van der Waals surface area contributed by atoms with Crippen LogP contribution in [0.4, 0.5) is 0 Å². The first kappa shape index (κ1) is 14.7. The van der Waals surface area contributed by atoms with Gasteiger partial charge >= 0.3 is 0 Å². The van der Waals surface area contributed by atoms with Crippen molar-refractivity contribution in [3.05, 3.63) is 29.3 Å². The van der Waals surface area contributed by atoms with Crippen LogP contribution in [-0.4, -0.2) is 43.1 Å². The molecule has 1 N–H and O–H groups in total. The molecule has 1 heterocycles. The molecule has 0 aromatic heterocycles. The minimum atomic E-state index is -0.0604. The number of benzene rings is 1. The Morgan fingerprint density at radius 3 is 2.76 bits per heavy atom. The second kappa shape index (κ2) is 6.67. The molecular formula is C16H21ClN2O2. The maximum atomic E-state index is 11.8. The Balaban J connectivity index is 1.33. The Bertz CT molecular complexity index is 488. The topological polar surface area (TPSA) is 41.6 Å². The van der Waals surface area contributed by atoms with Gasteiger partial charge in [-0.25, -0.2) is 0 Å². The van der Waals surface area contributed by atoms with Crippen LogP contribution in [0, 0.1) is 5.92 Å². The Morgan fingerprint density at radius 1 is 1.29 bits per heavy atom. The third-order valence-corrected chi connectivity index (χ3v) is 4.40. The van der Waals surface area contributed by atoms with Crippen LogP contribution in [0.5, 0.6) is 5.75 Å². The zero-order valence-electron chi connectivity index (χ0n) is 12.1. The first-order valence-electron chi connectivity index (χ1n) is 7.60. The maximum Gasteiger partial charge on any atom is 0.257 e. The van der Waals surface area contributed by atoms with E-state index in [-0.39, 0.29) is 12.5 Å². The van der Waals surface area contributed by atoms with Gasteiger partial charge in [-0.05, 0) is 56.0 Å². The average molecular weight is 309 g/mol. The van der Waals surface area contributed by atoms with E-state index in [4.69, 9.17) is 16.3 Å². The van der Waals surface area contributed by atoms with E-state index in [1.165, 1.54) is 25.8 Å². The predicted octanol–water partition coefficient (Wildman–Crippen LogP) is 2.32. The number of amides is 1. The zero-order chi connectivity index (χ0) is 14.7. The summed E-state index contributed by atoms with van der Waals surface area (Å²) in [5, 5.41) is 3.63. The summed E-state index contributed by atoms with van der Waals surface area (Å²) in [5.41, 5.74) is 0. The third kappa shape index (κ3) is 4.35. The van der Waals surface area contributed by atoms with Gasteiger partial charge in [-0.3, -0.25) is 4.79 Å². The monoisotopic (exact) mass is 308 g/mol. The fourth-order valence-electron chi connectivity index (χ4n) is 2.79. The van der Waals surface area contributed by atoms with E-state index in [2.05, 4.69) is 10.2 Å². The zero-order valence-corrected chi connectivity index (χ0v) is 12.8. The normalized spacial score (nSPS) is 22.2. The van der Waals surface area contributed by atoms with Crippen molar-refractivity contribution in [2.45, 2.75) is 25.3 Å². The van der Waals surface area contributed by atoms with Crippen molar-refractivity contribution in [3.63, 3.8) is 0 Å². The molecular weight excluding hydrogens is 288 g/mol. The first-order valence-corrected chi connectivity index (χ1v) is 7.97. The molecule has 1 aromatic rings. The minimum Gasteiger partial charge on any atom is -0.484 e. The molecule has 1 aromatic carbocycles. The van der Waals surface area contributed by atoms with Crippen molar-refractivity contribution in [2.24, 2.45) is 5.92 Å². The molecule has 5 heteroatoms. The molecule has 1 amide bonds. The second-order valence-electron chi connectivity index (χ2n) is 5.93. The maximum absolute atomic E-state index is 11.8. The van der Waals surface area contributed by atoms with Crippen molar-refractivity contribution < 1.29 is 9.53 Å². The molecule has 1 saturated heterocycles. The minimum absolute atomic E-state index is 0.0562. The molecule has 0 unspecified atom stereocenters. The van der Waals surface area contributed by atoms with Gasteiger partial charge in [0.2, 0.25) is 0 Å². The second-order valence-corrected chi connectivity index (χ2v) is 6.36. The van der Waals surface area contributed by atoms with Crippen molar-refractivity contribution in [1.29, 1.82) is 0 Å². The van der Waals surface area contributed by atoms with E-state index in [1.54, 1.807) is 24.3 Å². The van der Waals surface area contributed by atoms with Crippen LogP contribution in [0.2, 0.25) is 5.02 Å². The highest BCUT2D eigenvalue weighted by Crippen LogP contribution is 2.31. The molecule has 1 aliphatic carbocycles. The number of ether oxygens (including phenoxy) is 1. The predicted molar refractivity (Wildman–Crippen MR) is 82.7 cm³/mol. The quantitative estimate of drug-likeness (QED) is 0.877. The van der Waals surface area contributed by atoms with Crippen LogP contribution in [0.25, 0.3) is 0 Å². The molecule has 1 saturated carbocycles. The lowest BCUT2D eigenvalue weighted by atomic mass is 10.1. The molecule has 0 radical (unpaired) electrons. The lowest BCUT2D eigenvalue weighted by Crippen LogP contribution is -2.34. The molecule has 2 fully saturated rings. The van der Waals surface area contributed by atoms with E-state index in [0.717, 1.165) is 19.1 Å². The smallest absolute Gasteiger partial charge is 0.257 e. The number of likely N-dealkylation sites (tertiary alicyclic amines) is 1. The van der Waals surface area contributed by atoms with Crippen molar-refractivity contribution in [2.75, 3.05) is 26.2 Å².